The molecule has 19 heavy (non-hydrogen) atoms. The van der Waals surface area contributed by atoms with E-state index in [1.54, 1.807) is 12.1 Å². The second-order valence-corrected chi connectivity index (χ2v) is 5.65. The van der Waals surface area contributed by atoms with Crippen LogP contribution in [0.4, 0.5) is 10.2 Å². The number of pyridine rings is 1. The molecule has 0 aliphatic rings. The molecule has 2 rings (SSSR count). The van der Waals surface area contributed by atoms with E-state index in [2.05, 4.69) is 9.71 Å². The van der Waals surface area contributed by atoms with Gasteiger partial charge >= 0.3 is 0 Å². The standard InChI is InChI=1S/C13H13FN2O2S/c1-2-10-6-7-15-13(8-10)16-19(17,18)12-5-3-4-11(14)9-12/h3-9H,2H2,1H3,(H,15,16). The first kappa shape index (κ1) is 13.5. The Morgan fingerprint density at radius 1 is 1.26 bits per heavy atom. The van der Waals surface area contributed by atoms with Crippen LogP contribution < -0.4 is 4.72 Å². The van der Waals surface area contributed by atoms with Gasteiger partial charge in [0, 0.05) is 6.20 Å². The van der Waals surface area contributed by atoms with Gasteiger partial charge in [0.2, 0.25) is 0 Å². The zero-order valence-electron chi connectivity index (χ0n) is 10.3. The number of hydrogen-bond acceptors (Lipinski definition) is 3. The van der Waals surface area contributed by atoms with E-state index >= 15 is 0 Å². The summed E-state index contributed by atoms with van der Waals surface area (Å²) in [7, 11) is -3.81. The molecule has 0 aliphatic carbocycles. The van der Waals surface area contributed by atoms with Crippen LogP contribution in [0.15, 0.2) is 47.5 Å². The fraction of sp³-hybridized carbons (Fsp3) is 0.154. The Bertz CT molecular complexity index is 687. The smallest absolute Gasteiger partial charge is 0.263 e. The van der Waals surface area contributed by atoms with Crippen molar-refractivity contribution in [3.8, 4) is 0 Å². The number of nitrogens with one attached hydrogen (secondary N) is 1. The van der Waals surface area contributed by atoms with Gasteiger partial charge in [-0.2, -0.15) is 0 Å². The van der Waals surface area contributed by atoms with Crippen molar-refractivity contribution in [1.29, 1.82) is 0 Å². The summed E-state index contributed by atoms with van der Waals surface area (Å²) in [6.07, 6.45) is 2.31. The van der Waals surface area contributed by atoms with Crippen molar-refractivity contribution < 1.29 is 12.8 Å². The third kappa shape index (κ3) is 3.29. The zero-order chi connectivity index (χ0) is 13.9. The number of halogens is 1. The minimum Gasteiger partial charge on any atom is -0.263 e. The van der Waals surface area contributed by atoms with E-state index in [4.69, 9.17) is 0 Å². The van der Waals surface area contributed by atoms with Gasteiger partial charge in [-0.05, 0) is 42.3 Å². The summed E-state index contributed by atoms with van der Waals surface area (Å²) >= 11 is 0. The van der Waals surface area contributed by atoms with Crippen LogP contribution in [-0.2, 0) is 16.4 Å². The summed E-state index contributed by atoms with van der Waals surface area (Å²) in [6, 6.07) is 8.28. The molecular weight excluding hydrogens is 267 g/mol. The van der Waals surface area contributed by atoms with E-state index in [1.165, 1.54) is 24.4 Å². The summed E-state index contributed by atoms with van der Waals surface area (Å²) in [4.78, 5) is 3.81. The Labute approximate surface area is 111 Å². The lowest BCUT2D eigenvalue weighted by molar-refractivity contribution is 0.595. The normalized spacial score (nSPS) is 11.3. The van der Waals surface area contributed by atoms with Crippen LogP contribution >= 0.6 is 0 Å². The number of hydrogen-bond donors (Lipinski definition) is 1. The number of rotatable bonds is 4. The summed E-state index contributed by atoms with van der Waals surface area (Å²) in [5, 5.41) is 0. The molecule has 0 spiro atoms. The van der Waals surface area contributed by atoms with Crippen molar-refractivity contribution in [2.75, 3.05) is 4.72 Å². The summed E-state index contributed by atoms with van der Waals surface area (Å²) < 4.78 is 39.4. The predicted octanol–water partition coefficient (Wildman–Crippen LogP) is 2.58. The topological polar surface area (TPSA) is 59.1 Å². The average Bonchev–Trinajstić information content (AvgIpc) is 2.38. The Morgan fingerprint density at radius 3 is 2.74 bits per heavy atom. The molecule has 1 aromatic carbocycles. The minimum atomic E-state index is -3.81. The third-order valence-corrected chi connectivity index (χ3v) is 3.93. The Balaban J connectivity index is 2.31. The summed E-state index contributed by atoms with van der Waals surface area (Å²) in [5.41, 5.74) is 0.965. The van der Waals surface area contributed by atoms with Crippen molar-refractivity contribution >= 4 is 15.8 Å². The highest BCUT2D eigenvalue weighted by Crippen LogP contribution is 2.16. The highest BCUT2D eigenvalue weighted by Gasteiger charge is 2.15. The van der Waals surface area contributed by atoms with Crippen molar-refractivity contribution in [2.24, 2.45) is 0 Å². The quantitative estimate of drug-likeness (QED) is 0.936. The van der Waals surface area contributed by atoms with Crippen LogP contribution in [0.5, 0.6) is 0 Å². The molecule has 1 heterocycles. The first-order valence-corrected chi connectivity index (χ1v) is 7.23. The zero-order valence-corrected chi connectivity index (χ0v) is 11.1. The Hall–Kier alpha value is -1.95. The number of aryl methyl sites for hydroxylation is 1. The molecular formula is C13H13FN2O2S. The van der Waals surface area contributed by atoms with Crippen molar-refractivity contribution in [1.82, 2.24) is 4.98 Å². The Morgan fingerprint density at radius 2 is 2.05 bits per heavy atom. The van der Waals surface area contributed by atoms with Crippen LogP contribution in [0.25, 0.3) is 0 Å². The molecule has 4 nitrogen and oxygen atoms in total. The minimum absolute atomic E-state index is 0.129. The first-order chi connectivity index (χ1) is 9.01. The van der Waals surface area contributed by atoms with Crippen LogP contribution in [-0.4, -0.2) is 13.4 Å². The number of nitrogens with zero attached hydrogens (tertiary/aromatic N) is 1. The molecule has 0 bridgehead atoms. The van der Waals surface area contributed by atoms with E-state index in [0.29, 0.717) is 0 Å². The van der Waals surface area contributed by atoms with Crippen molar-refractivity contribution in [2.45, 2.75) is 18.2 Å². The molecule has 1 N–H and O–H groups in total. The highest BCUT2D eigenvalue weighted by atomic mass is 32.2. The fourth-order valence-electron chi connectivity index (χ4n) is 1.58. The molecule has 0 fully saturated rings. The molecule has 1 aromatic heterocycles. The largest absolute Gasteiger partial charge is 0.263 e. The second-order valence-electron chi connectivity index (χ2n) is 3.97. The molecule has 0 amide bonds. The van der Waals surface area contributed by atoms with Crippen LogP contribution in [0.1, 0.15) is 12.5 Å². The van der Waals surface area contributed by atoms with Crippen LogP contribution in [0.3, 0.4) is 0 Å². The van der Waals surface area contributed by atoms with Gasteiger partial charge in [-0.25, -0.2) is 17.8 Å². The van der Waals surface area contributed by atoms with Gasteiger partial charge in [0.25, 0.3) is 10.0 Å². The van der Waals surface area contributed by atoms with Gasteiger partial charge in [-0.3, -0.25) is 4.72 Å². The molecule has 100 valence electrons. The maximum atomic E-state index is 13.0. The average molecular weight is 280 g/mol. The lowest BCUT2D eigenvalue weighted by atomic mass is 10.2. The molecule has 0 atom stereocenters. The van der Waals surface area contributed by atoms with Gasteiger partial charge < -0.3 is 0 Å². The Kier molecular flexibility index (Phi) is 3.80. The van der Waals surface area contributed by atoms with Gasteiger partial charge in [0.15, 0.2) is 0 Å². The van der Waals surface area contributed by atoms with Crippen LogP contribution in [0.2, 0.25) is 0 Å². The number of benzene rings is 1. The van der Waals surface area contributed by atoms with E-state index in [1.807, 2.05) is 6.92 Å². The lowest BCUT2D eigenvalue weighted by Crippen LogP contribution is -2.14. The van der Waals surface area contributed by atoms with E-state index in [0.717, 1.165) is 18.1 Å². The molecule has 0 aliphatic heterocycles. The predicted molar refractivity (Wildman–Crippen MR) is 70.8 cm³/mol. The number of anilines is 1. The van der Waals surface area contributed by atoms with Gasteiger partial charge in [-0.1, -0.05) is 13.0 Å². The van der Waals surface area contributed by atoms with Crippen LogP contribution in [0, 0.1) is 5.82 Å². The number of aromatic nitrogens is 1. The van der Waals surface area contributed by atoms with Gasteiger partial charge in [0.1, 0.15) is 11.6 Å². The molecule has 0 radical (unpaired) electrons. The van der Waals surface area contributed by atoms with E-state index in [9.17, 15) is 12.8 Å². The monoisotopic (exact) mass is 280 g/mol. The number of sulfonamides is 1. The fourth-order valence-corrected chi connectivity index (χ4v) is 2.61. The molecule has 0 saturated carbocycles. The van der Waals surface area contributed by atoms with Crippen molar-refractivity contribution in [3.63, 3.8) is 0 Å². The molecule has 2 aromatic rings. The van der Waals surface area contributed by atoms with Crippen molar-refractivity contribution in [3.05, 3.63) is 54.0 Å². The van der Waals surface area contributed by atoms with E-state index in [-0.39, 0.29) is 10.7 Å². The summed E-state index contributed by atoms with van der Waals surface area (Å²) in [6.45, 7) is 1.96. The first-order valence-electron chi connectivity index (χ1n) is 5.74. The molecule has 0 unspecified atom stereocenters. The molecule has 0 saturated heterocycles. The SMILES string of the molecule is CCc1ccnc(NS(=O)(=O)c2cccc(F)c2)c1. The highest BCUT2D eigenvalue weighted by molar-refractivity contribution is 7.92. The lowest BCUT2D eigenvalue weighted by Gasteiger charge is -2.08. The summed E-state index contributed by atoms with van der Waals surface area (Å²) in [5.74, 6) is -0.373. The van der Waals surface area contributed by atoms with Gasteiger partial charge in [-0.15, -0.1) is 0 Å². The maximum Gasteiger partial charge on any atom is 0.263 e. The third-order valence-electron chi connectivity index (χ3n) is 2.58. The van der Waals surface area contributed by atoms with Gasteiger partial charge in [0.05, 0.1) is 4.90 Å². The second kappa shape index (κ2) is 5.36. The van der Waals surface area contributed by atoms with E-state index < -0.39 is 15.8 Å². The maximum absolute atomic E-state index is 13.0. The molecule has 6 heteroatoms.